The van der Waals surface area contributed by atoms with Crippen LogP contribution in [0.4, 0.5) is 5.69 Å². The van der Waals surface area contributed by atoms with Crippen molar-refractivity contribution in [3.8, 4) is 5.75 Å². The Bertz CT molecular complexity index is 996. The van der Waals surface area contributed by atoms with Crippen molar-refractivity contribution in [2.24, 2.45) is 4.99 Å². The fraction of sp³-hybridized carbons (Fsp3) is 0.227. The van der Waals surface area contributed by atoms with Crippen LogP contribution in [-0.4, -0.2) is 42.7 Å². The molecular weight excluding hydrogens is 388 g/mol. The molecule has 6 nitrogen and oxygen atoms in total. The Kier molecular flexibility index (Phi) is 6.39. The molecule has 3 rings (SSSR count). The van der Waals surface area contributed by atoms with Gasteiger partial charge in [-0.25, -0.2) is 9.79 Å². The van der Waals surface area contributed by atoms with Crippen LogP contribution in [0, 0.1) is 6.92 Å². The molecule has 1 aliphatic heterocycles. The first-order valence-electron chi connectivity index (χ1n) is 9.11. The molecule has 7 heteroatoms. The Hall–Kier alpha value is -3.06. The van der Waals surface area contributed by atoms with E-state index >= 15 is 0 Å². The number of hydrogen-bond donors (Lipinski definition) is 0. The number of thioether (sulfide) groups is 1. The summed E-state index contributed by atoms with van der Waals surface area (Å²) >= 11 is 1.32. The molecule has 1 aliphatic rings. The molecule has 0 radical (unpaired) electrons. The lowest BCUT2D eigenvalue weighted by Crippen LogP contribution is -2.23. The summed E-state index contributed by atoms with van der Waals surface area (Å²) in [6, 6.07) is 12.6. The van der Waals surface area contributed by atoms with Crippen LogP contribution in [-0.2, 0) is 9.53 Å². The highest BCUT2D eigenvalue weighted by Crippen LogP contribution is 2.33. The summed E-state index contributed by atoms with van der Waals surface area (Å²) in [6.45, 7) is 4.06. The van der Waals surface area contributed by atoms with Crippen molar-refractivity contribution < 1.29 is 19.1 Å². The number of aliphatic imine (C=N–C) groups is 1. The number of likely N-dealkylation sites (N-methyl/N-ethyl adjacent to an activating group) is 1. The Labute approximate surface area is 174 Å². The summed E-state index contributed by atoms with van der Waals surface area (Å²) in [7, 11) is 3.33. The number of aryl methyl sites for hydroxylation is 1. The van der Waals surface area contributed by atoms with E-state index in [1.165, 1.54) is 16.7 Å². The van der Waals surface area contributed by atoms with Crippen molar-refractivity contribution in [2.75, 3.05) is 20.8 Å². The molecule has 0 aromatic heterocycles. The average molecular weight is 410 g/mol. The van der Waals surface area contributed by atoms with E-state index in [1.54, 1.807) is 45.3 Å². The number of carbonyl (C=O) groups is 2. The first kappa shape index (κ1) is 20.7. The Morgan fingerprint density at radius 2 is 1.93 bits per heavy atom. The number of nitrogens with zero attached hydrogens (tertiary/aromatic N) is 2. The van der Waals surface area contributed by atoms with Crippen molar-refractivity contribution in [1.82, 2.24) is 4.90 Å². The highest BCUT2D eigenvalue weighted by atomic mass is 32.2. The molecule has 0 bridgehead atoms. The van der Waals surface area contributed by atoms with E-state index in [2.05, 4.69) is 4.99 Å². The third kappa shape index (κ3) is 4.68. The number of hydrogen-bond acceptors (Lipinski definition) is 6. The molecule has 2 aromatic rings. The zero-order valence-electron chi connectivity index (χ0n) is 16.8. The van der Waals surface area contributed by atoms with Gasteiger partial charge in [-0.1, -0.05) is 6.07 Å². The second kappa shape index (κ2) is 8.96. The number of amides is 1. The predicted molar refractivity (Wildman–Crippen MR) is 116 cm³/mol. The zero-order chi connectivity index (χ0) is 21.0. The van der Waals surface area contributed by atoms with Crippen LogP contribution in [0.15, 0.2) is 52.4 Å². The van der Waals surface area contributed by atoms with Crippen molar-refractivity contribution in [3.05, 3.63) is 64.1 Å². The molecule has 1 saturated heterocycles. The number of methoxy groups -OCH3 is 1. The zero-order valence-corrected chi connectivity index (χ0v) is 17.6. The molecule has 1 amide bonds. The van der Waals surface area contributed by atoms with E-state index in [0.29, 0.717) is 27.9 Å². The predicted octanol–water partition coefficient (Wildman–Crippen LogP) is 4.41. The summed E-state index contributed by atoms with van der Waals surface area (Å²) in [6.07, 6.45) is 1.85. The van der Waals surface area contributed by atoms with Crippen molar-refractivity contribution in [3.63, 3.8) is 0 Å². The van der Waals surface area contributed by atoms with Gasteiger partial charge in [-0.05, 0) is 79.2 Å². The highest BCUT2D eigenvalue weighted by Gasteiger charge is 2.30. The lowest BCUT2D eigenvalue weighted by atomic mass is 10.1. The maximum absolute atomic E-state index is 12.6. The van der Waals surface area contributed by atoms with Crippen LogP contribution in [0.25, 0.3) is 6.08 Å². The molecule has 0 spiro atoms. The fourth-order valence-corrected chi connectivity index (χ4v) is 3.78. The maximum Gasteiger partial charge on any atom is 0.338 e. The summed E-state index contributed by atoms with van der Waals surface area (Å²) in [4.78, 5) is 31.0. The van der Waals surface area contributed by atoms with Gasteiger partial charge in [0.1, 0.15) is 5.75 Å². The molecule has 0 saturated carbocycles. The minimum Gasteiger partial charge on any atom is -0.496 e. The van der Waals surface area contributed by atoms with E-state index in [4.69, 9.17) is 9.47 Å². The van der Waals surface area contributed by atoms with Gasteiger partial charge in [0.15, 0.2) is 5.17 Å². The molecule has 29 heavy (non-hydrogen) atoms. The minimum absolute atomic E-state index is 0.106. The lowest BCUT2D eigenvalue weighted by molar-refractivity contribution is -0.121. The normalized spacial score (nSPS) is 16.6. The highest BCUT2D eigenvalue weighted by molar-refractivity contribution is 8.18. The van der Waals surface area contributed by atoms with Gasteiger partial charge in [0.05, 0.1) is 29.9 Å². The van der Waals surface area contributed by atoms with Crippen LogP contribution in [0.3, 0.4) is 0 Å². The van der Waals surface area contributed by atoms with Gasteiger partial charge in [0, 0.05) is 7.05 Å². The molecule has 0 unspecified atom stereocenters. The van der Waals surface area contributed by atoms with Gasteiger partial charge in [-0.15, -0.1) is 0 Å². The molecule has 0 aliphatic carbocycles. The standard InChI is InChI=1S/C22H22N2O4S/c1-5-28-21(26)16-7-9-17(10-8-16)23-22-24(3)20(25)19(29-22)13-15-6-11-18(27-4)14(2)12-15/h6-13H,5H2,1-4H3/b19-13+,23-22?. The van der Waals surface area contributed by atoms with E-state index in [9.17, 15) is 9.59 Å². The number of amidine groups is 1. The third-order valence-corrected chi connectivity index (χ3v) is 5.38. The van der Waals surface area contributed by atoms with Crippen molar-refractivity contribution in [1.29, 1.82) is 0 Å². The fourth-order valence-electron chi connectivity index (χ4n) is 2.79. The molecule has 2 aromatic carbocycles. The quantitative estimate of drug-likeness (QED) is 0.539. The number of ether oxygens (including phenoxy) is 2. The first-order chi connectivity index (χ1) is 13.9. The monoisotopic (exact) mass is 410 g/mol. The van der Waals surface area contributed by atoms with Gasteiger partial charge >= 0.3 is 5.97 Å². The topological polar surface area (TPSA) is 68.2 Å². The summed E-state index contributed by atoms with van der Waals surface area (Å²) in [5.74, 6) is 0.336. The van der Waals surface area contributed by atoms with E-state index in [0.717, 1.165) is 16.9 Å². The Morgan fingerprint density at radius 3 is 2.55 bits per heavy atom. The smallest absolute Gasteiger partial charge is 0.338 e. The summed E-state index contributed by atoms with van der Waals surface area (Å²) in [5, 5.41) is 0.579. The number of rotatable bonds is 5. The lowest BCUT2D eigenvalue weighted by Gasteiger charge is -2.07. The van der Waals surface area contributed by atoms with Crippen LogP contribution in [0.2, 0.25) is 0 Å². The molecule has 0 atom stereocenters. The average Bonchev–Trinajstić information content (AvgIpc) is 2.97. The van der Waals surface area contributed by atoms with Crippen molar-refractivity contribution >= 4 is 40.6 Å². The van der Waals surface area contributed by atoms with Gasteiger partial charge in [-0.3, -0.25) is 9.69 Å². The van der Waals surface area contributed by atoms with Crippen LogP contribution in [0.1, 0.15) is 28.4 Å². The Balaban J connectivity index is 1.81. The maximum atomic E-state index is 12.6. The SMILES string of the molecule is CCOC(=O)c1ccc(N=C2S/C(=C/c3ccc(OC)c(C)c3)C(=O)N2C)cc1. The third-order valence-electron chi connectivity index (χ3n) is 4.32. The van der Waals surface area contributed by atoms with Gasteiger partial charge in [0.25, 0.3) is 5.91 Å². The summed E-state index contributed by atoms with van der Waals surface area (Å²) in [5.41, 5.74) is 3.05. The Morgan fingerprint density at radius 1 is 1.21 bits per heavy atom. The molecule has 0 N–H and O–H groups in total. The van der Waals surface area contributed by atoms with Crippen LogP contribution >= 0.6 is 11.8 Å². The van der Waals surface area contributed by atoms with Gasteiger partial charge in [0.2, 0.25) is 0 Å². The second-order valence-electron chi connectivity index (χ2n) is 6.37. The van der Waals surface area contributed by atoms with Crippen molar-refractivity contribution in [2.45, 2.75) is 13.8 Å². The first-order valence-corrected chi connectivity index (χ1v) is 9.92. The second-order valence-corrected chi connectivity index (χ2v) is 7.37. The van der Waals surface area contributed by atoms with Gasteiger partial charge < -0.3 is 9.47 Å². The molecular formula is C22H22N2O4S. The van der Waals surface area contributed by atoms with E-state index in [-0.39, 0.29) is 11.9 Å². The number of benzene rings is 2. The number of esters is 1. The van der Waals surface area contributed by atoms with E-state index < -0.39 is 0 Å². The molecule has 1 fully saturated rings. The van der Waals surface area contributed by atoms with E-state index in [1.807, 2.05) is 31.2 Å². The van der Waals surface area contributed by atoms with Gasteiger partial charge in [-0.2, -0.15) is 0 Å². The van der Waals surface area contributed by atoms with Crippen LogP contribution in [0.5, 0.6) is 5.75 Å². The van der Waals surface area contributed by atoms with Crippen LogP contribution < -0.4 is 4.74 Å². The molecule has 1 heterocycles. The summed E-state index contributed by atoms with van der Waals surface area (Å²) < 4.78 is 10.3. The minimum atomic E-state index is -0.366. The number of carbonyl (C=O) groups excluding carboxylic acids is 2. The molecule has 150 valence electrons. The largest absolute Gasteiger partial charge is 0.496 e.